The fraction of sp³-hybridized carbons (Fsp3) is 0.468. The Balaban J connectivity index is 1.17. The van der Waals surface area contributed by atoms with Crippen molar-refractivity contribution < 1.29 is 28.2 Å². The summed E-state index contributed by atoms with van der Waals surface area (Å²) in [6, 6.07) is 12.6. The largest absolute Gasteiger partial charge is 0.507 e. The first kappa shape index (κ1) is 46.1. The standard InChI is InChI=1S/C47H58Cl2FN5O5SSi/c1-28-41-38(54(45(28)46(57)58-7)20-12-22-60-62(8,9)47(3,4)5)19-18-35(48)43(41)42-29(2)55(40-13-10-11-21-59-40)52-37(42)27-61-26-31-25-32(53(6)51-31)15-14-30-23-34-33(39(56)24-30)16-17-36(49)44(34)50/h16-19,23-25,40,56H,10-15,20-22,26-27H2,1-9H3. The highest BCUT2D eigenvalue weighted by molar-refractivity contribution is 7.97. The molecular weight excluding hydrogens is 865 g/mol. The van der Waals surface area contributed by atoms with Crippen molar-refractivity contribution >= 4 is 70.9 Å². The molecule has 0 bridgehead atoms. The summed E-state index contributed by atoms with van der Waals surface area (Å²) in [6.07, 6.45) is 4.71. The second kappa shape index (κ2) is 18.7. The first-order valence-electron chi connectivity index (χ1n) is 21.3. The van der Waals surface area contributed by atoms with Gasteiger partial charge in [0.05, 0.1) is 23.5 Å². The van der Waals surface area contributed by atoms with E-state index in [0.29, 0.717) is 65.6 Å². The van der Waals surface area contributed by atoms with Gasteiger partial charge in [-0.05, 0) is 124 Å². The molecule has 3 aromatic heterocycles. The molecule has 1 unspecified atom stereocenters. The molecule has 0 amide bonds. The van der Waals surface area contributed by atoms with Gasteiger partial charge in [-0.3, -0.25) is 4.68 Å². The van der Waals surface area contributed by atoms with Gasteiger partial charge in [-0.25, -0.2) is 13.9 Å². The number of phenols is 1. The Morgan fingerprint density at radius 1 is 1.02 bits per heavy atom. The van der Waals surface area contributed by atoms with Crippen LogP contribution < -0.4 is 0 Å². The van der Waals surface area contributed by atoms with Crippen LogP contribution in [0.15, 0.2) is 42.5 Å². The average Bonchev–Trinajstić information content (AvgIpc) is 3.85. The van der Waals surface area contributed by atoms with Crippen molar-refractivity contribution in [2.24, 2.45) is 7.05 Å². The summed E-state index contributed by atoms with van der Waals surface area (Å²) >= 11 is 15.0. The topological polar surface area (TPSA) is 106 Å². The van der Waals surface area contributed by atoms with Gasteiger partial charge in [0.1, 0.15) is 23.5 Å². The molecule has 6 aromatic rings. The Morgan fingerprint density at radius 2 is 1.77 bits per heavy atom. The fourth-order valence-electron chi connectivity index (χ4n) is 8.37. The molecule has 1 saturated heterocycles. The Kier molecular flexibility index (Phi) is 13.9. The summed E-state index contributed by atoms with van der Waals surface area (Å²) in [7, 11) is 1.40. The minimum atomic E-state index is -1.95. The number of fused-ring (bicyclic) bond motifs is 2. The summed E-state index contributed by atoms with van der Waals surface area (Å²) in [6.45, 7) is 17.1. The summed E-state index contributed by atoms with van der Waals surface area (Å²) < 4.78 is 39.0. The van der Waals surface area contributed by atoms with Crippen LogP contribution in [0.3, 0.4) is 0 Å². The molecule has 0 saturated carbocycles. The van der Waals surface area contributed by atoms with E-state index < -0.39 is 20.1 Å². The molecule has 62 heavy (non-hydrogen) atoms. The molecule has 0 aliphatic carbocycles. The molecule has 3 aromatic carbocycles. The van der Waals surface area contributed by atoms with Crippen molar-refractivity contribution in [1.82, 2.24) is 24.1 Å². The first-order chi connectivity index (χ1) is 29.4. The van der Waals surface area contributed by atoms with Gasteiger partial charge in [-0.15, -0.1) is 11.8 Å². The van der Waals surface area contributed by atoms with Crippen LogP contribution in [0.25, 0.3) is 32.8 Å². The molecule has 4 heterocycles. The second-order valence-corrected chi connectivity index (χ2v) is 24.5. The number of ether oxygens (including phenoxy) is 2. The monoisotopic (exact) mass is 921 g/mol. The van der Waals surface area contributed by atoms with Crippen molar-refractivity contribution in [3.05, 3.63) is 97.9 Å². The summed E-state index contributed by atoms with van der Waals surface area (Å²) in [5.41, 5.74) is 8.60. The quantitative estimate of drug-likeness (QED) is 0.0617. The van der Waals surface area contributed by atoms with E-state index in [1.807, 2.05) is 35.5 Å². The predicted octanol–water partition coefficient (Wildman–Crippen LogP) is 12.3. The van der Waals surface area contributed by atoms with E-state index in [9.17, 15) is 14.3 Å². The SMILES string of the molecule is COC(=O)c1c(C)c2c(-c3c(CSCc4cc(CCc5cc(O)c6ccc(Cl)c(F)c6c5)n(C)n4)nn(C4CCCCO4)c3C)c(Cl)ccc2n1CCCO[Si](C)(C)C(C)(C)C. The van der Waals surface area contributed by atoms with Crippen molar-refractivity contribution in [2.75, 3.05) is 20.3 Å². The maximum atomic E-state index is 14.8. The number of esters is 1. The van der Waals surface area contributed by atoms with Gasteiger partial charge in [-0.1, -0.05) is 44.0 Å². The van der Waals surface area contributed by atoms with Crippen LogP contribution in [0.5, 0.6) is 5.75 Å². The number of rotatable bonds is 15. The lowest BCUT2D eigenvalue weighted by atomic mass is 9.97. The lowest BCUT2D eigenvalue weighted by Crippen LogP contribution is -2.41. The zero-order valence-corrected chi connectivity index (χ0v) is 40.6. The molecule has 0 spiro atoms. The minimum Gasteiger partial charge on any atom is -0.507 e. The van der Waals surface area contributed by atoms with Gasteiger partial charge < -0.3 is 23.6 Å². The zero-order chi connectivity index (χ0) is 44.7. The first-order valence-corrected chi connectivity index (χ1v) is 26.2. The van der Waals surface area contributed by atoms with E-state index >= 15 is 0 Å². The molecule has 1 aliphatic rings. The third-order valence-electron chi connectivity index (χ3n) is 12.7. The lowest BCUT2D eigenvalue weighted by molar-refractivity contribution is -0.0407. The van der Waals surface area contributed by atoms with Crippen molar-refractivity contribution in [3.63, 3.8) is 0 Å². The van der Waals surface area contributed by atoms with E-state index in [0.717, 1.165) is 81.6 Å². The Hall–Kier alpha value is -3.85. The molecule has 1 atom stereocenters. The third-order valence-corrected chi connectivity index (χ3v) is 18.9. The number of methoxy groups -OCH3 is 1. The van der Waals surface area contributed by atoms with E-state index in [2.05, 4.69) is 51.4 Å². The Bertz CT molecular complexity index is 2630. The number of benzene rings is 3. The smallest absolute Gasteiger partial charge is 0.354 e. The van der Waals surface area contributed by atoms with E-state index in [4.69, 9.17) is 47.3 Å². The van der Waals surface area contributed by atoms with Crippen molar-refractivity contribution in [3.8, 4) is 16.9 Å². The number of aryl methyl sites for hydroxylation is 5. The number of carbonyl (C=O) groups excluding carboxylic acids is 1. The highest BCUT2D eigenvalue weighted by Crippen LogP contribution is 2.45. The Morgan fingerprint density at radius 3 is 2.48 bits per heavy atom. The molecule has 0 radical (unpaired) electrons. The van der Waals surface area contributed by atoms with Crippen LogP contribution in [-0.4, -0.2) is 63.8 Å². The number of thioether (sulfide) groups is 1. The number of aromatic nitrogens is 5. The third kappa shape index (κ3) is 9.21. The highest BCUT2D eigenvalue weighted by atomic mass is 35.5. The van der Waals surface area contributed by atoms with Crippen LogP contribution in [0, 0.1) is 19.7 Å². The van der Waals surface area contributed by atoms with Gasteiger partial charge in [-0.2, -0.15) is 10.2 Å². The maximum Gasteiger partial charge on any atom is 0.354 e. The van der Waals surface area contributed by atoms with Gasteiger partial charge in [0.15, 0.2) is 8.32 Å². The van der Waals surface area contributed by atoms with E-state index in [1.54, 1.807) is 30.0 Å². The molecule has 15 heteroatoms. The summed E-state index contributed by atoms with van der Waals surface area (Å²) in [5.74, 6) is 0.310. The van der Waals surface area contributed by atoms with Crippen LogP contribution in [-0.2, 0) is 51.8 Å². The molecule has 332 valence electrons. The van der Waals surface area contributed by atoms with Crippen molar-refractivity contribution in [1.29, 1.82) is 0 Å². The molecule has 1 N–H and O–H groups in total. The Labute approximate surface area is 379 Å². The van der Waals surface area contributed by atoms with Gasteiger partial charge in [0, 0.05) is 87.5 Å². The number of aromatic hydroxyl groups is 1. The molecule has 7 rings (SSSR count). The van der Waals surface area contributed by atoms with Crippen LogP contribution in [0.2, 0.25) is 28.2 Å². The van der Waals surface area contributed by atoms with Gasteiger partial charge in [0.2, 0.25) is 0 Å². The average molecular weight is 923 g/mol. The van der Waals surface area contributed by atoms with E-state index in [-0.39, 0.29) is 22.0 Å². The molecule has 1 aliphatic heterocycles. The summed E-state index contributed by atoms with van der Waals surface area (Å²) in [4.78, 5) is 13.6. The highest BCUT2D eigenvalue weighted by Gasteiger charge is 2.37. The van der Waals surface area contributed by atoms with E-state index in [1.165, 1.54) is 13.2 Å². The number of halogens is 3. The van der Waals surface area contributed by atoms with Crippen LogP contribution >= 0.6 is 35.0 Å². The summed E-state index contributed by atoms with van der Waals surface area (Å²) in [5, 5.41) is 23.1. The predicted molar refractivity (Wildman–Crippen MR) is 252 cm³/mol. The molecule has 10 nitrogen and oxygen atoms in total. The molecular formula is C47H58Cl2FN5O5SSi. The fourth-order valence-corrected chi connectivity index (χ4v) is 10.7. The lowest BCUT2D eigenvalue weighted by Gasteiger charge is -2.36. The van der Waals surface area contributed by atoms with Gasteiger partial charge >= 0.3 is 5.97 Å². The van der Waals surface area contributed by atoms with Gasteiger partial charge in [0.25, 0.3) is 0 Å². The second-order valence-electron chi connectivity index (χ2n) is 17.9. The van der Waals surface area contributed by atoms with Crippen molar-refractivity contribution in [2.45, 2.75) is 116 Å². The number of nitrogens with zero attached hydrogens (tertiary/aromatic N) is 5. The minimum absolute atomic E-state index is 0.0235. The number of hydrogen-bond acceptors (Lipinski definition) is 8. The zero-order valence-electron chi connectivity index (χ0n) is 37.3. The maximum absolute atomic E-state index is 14.8. The number of hydrogen-bond donors (Lipinski definition) is 1. The normalized spacial score (nSPS) is 15.0. The molecule has 1 fully saturated rings. The number of phenolic OH excluding ortho intramolecular Hbond substituents is 1. The number of carbonyl (C=O) groups is 1. The van der Waals surface area contributed by atoms with Crippen LogP contribution in [0.4, 0.5) is 4.39 Å². The van der Waals surface area contributed by atoms with Crippen LogP contribution in [0.1, 0.15) is 97.1 Å².